The molecule has 2 rings (SSSR count). The smallest absolute Gasteiger partial charge is 0.251 e. The van der Waals surface area contributed by atoms with Crippen LogP contribution in [0.4, 0.5) is 0 Å². The first kappa shape index (κ1) is 20.8. The average molecular weight is 389 g/mol. The van der Waals surface area contributed by atoms with Gasteiger partial charge in [-0.2, -0.15) is 0 Å². The Morgan fingerprint density at radius 1 is 1.00 bits per heavy atom. The van der Waals surface area contributed by atoms with E-state index in [9.17, 15) is 9.59 Å². The predicted molar refractivity (Wildman–Crippen MR) is 107 cm³/mol. The Hall–Kier alpha value is -2.53. The maximum Gasteiger partial charge on any atom is 0.251 e. The summed E-state index contributed by atoms with van der Waals surface area (Å²) in [7, 11) is 0. The van der Waals surface area contributed by atoms with Crippen LogP contribution < -0.4 is 15.4 Å². The molecule has 5 nitrogen and oxygen atoms in total. The molecule has 0 fully saturated rings. The van der Waals surface area contributed by atoms with Gasteiger partial charge in [0.25, 0.3) is 5.91 Å². The van der Waals surface area contributed by atoms with Crippen molar-refractivity contribution in [2.45, 2.75) is 26.2 Å². The van der Waals surface area contributed by atoms with E-state index in [4.69, 9.17) is 16.3 Å². The van der Waals surface area contributed by atoms with E-state index < -0.39 is 0 Å². The molecule has 0 unspecified atom stereocenters. The maximum absolute atomic E-state index is 11.9. The van der Waals surface area contributed by atoms with Crippen molar-refractivity contribution < 1.29 is 14.3 Å². The highest BCUT2D eigenvalue weighted by Gasteiger charge is 2.05. The lowest BCUT2D eigenvalue weighted by atomic mass is 10.2. The molecule has 27 heavy (non-hydrogen) atoms. The Balaban J connectivity index is 1.51. The summed E-state index contributed by atoms with van der Waals surface area (Å²) in [6.07, 6.45) is 1.71. The fourth-order valence-corrected chi connectivity index (χ4v) is 2.56. The second-order valence-corrected chi connectivity index (χ2v) is 6.67. The minimum absolute atomic E-state index is 0.0219. The summed E-state index contributed by atoms with van der Waals surface area (Å²) >= 11 is 5.79. The van der Waals surface area contributed by atoms with Gasteiger partial charge in [-0.05, 0) is 61.7 Å². The minimum Gasteiger partial charge on any atom is -0.494 e. The fraction of sp³-hybridized carbons (Fsp3) is 0.333. The normalized spacial score (nSPS) is 10.3. The van der Waals surface area contributed by atoms with Crippen molar-refractivity contribution in [3.05, 3.63) is 64.7 Å². The Morgan fingerprint density at radius 2 is 1.74 bits per heavy atom. The average Bonchev–Trinajstić information content (AvgIpc) is 2.65. The Bertz CT molecular complexity index is 747. The van der Waals surface area contributed by atoms with Crippen LogP contribution in [-0.2, 0) is 4.79 Å². The zero-order valence-corrected chi connectivity index (χ0v) is 16.2. The third kappa shape index (κ3) is 8.13. The van der Waals surface area contributed by atoms with Crippen LogP contribution in [0, 0.1) is 6.92 Å². The van der Waals surface area contributed by atoms with Crippen molar-refractivity contribution >= 4 is 23.4 Å². The second kappa shape index (κ2) is 11.2. The largest absolute Gasteiger partial charge is 0.494 e. The molecule has 0 heterocycles. The summed E-state index contributed by atoms with van der Waals surface area (Å²) in [5.74, 6) is 0.657. The fourth-order valence-electron chi connectivity index (χ4n) is 2.44. The van der Waals surface area contributed by atoms with Crippen molar-refractivity contribution in [2.24, 2.45) is 0 Å². The molecule has 6 heteroatoms. The molecule has 0 saturated heterocycles. The number of carbonyl (C=O) groups is 2. The van der Waals surface area contributed by atoms with Crippen molar-refractivity contribution in [3.8, 4) is 5.75 Å². The SMILES string of the molecule is Cc1cccc(OCCCNC(=O)CCCNC(=O)c2ccc(Cl)cc2)c1. The van der Waals surface area contributed by atoms with E-state index in [1.807, 2.05) is 31.2 Å². The van der Waals surface area contributed by atoms with Crippen molar-refractivity contribution in [1.82, 2.24) is 10.6 Å². The molecule has 0 bridgehead atoms. The number of hydrogen-bond acceptors (Lipinski definition) is 3. The van der Waals surface area contributed by atoms with Gasteiger partial charge in [-0.15, -0.1) is 0 Å². The number of amides is 2. The minimum atomic E-state index is -0.166. The first-order chi connectivity index (χ1) is 13.0. The molecule has 0 aliphatic rings. The molecule has 144 valence electrons. The third-order valence-electron chi connectivity index (χ3n) is 3.87. The van der Waals surface area contributed by atoms with Gasteiger partial charge < -0.3 is 15.4 Å². The highest BCUT2D eigenvalue weighted by atomic mass is 35.5. The van der Waals surface area contributed by atoms with Crippen LogP contribution in [-0.4, -0.2) is 31.5 Å². The first-order valence-electron chi connectivity index (χ1n) is 9.04. The van der Waals surface area contributed by atoms with Crippen molar-refractivity contribution in [1.29, 1.82) is 0 Å². The first-order valence-corrected chi connectivity index (χ1v) is 9.42. The molecule has 0 saturated carbocycles. The molecule has 0 aromatic heterocycles. The molecule has 0 radical (unpaired) electrons. The van der Waals surface area contributed by atoms with E-state index >= 15 is 0 Å². The quantitative estimate of drug-likeness (QED) is 0.609. The Kier molecular flexibility index (Phi) is 8.65. The van der Waals surface area contributed by atoms with Gasteiger partial charge in [0.15, 0.2) is 0 Å². The van der Waals surface area contributed by atoms with E-state index in [0.717, 1.165) is 17.7 Å². The maximum atomic E-state index is 11.9. The predicted octanol–water partition coefficient (Wildman–Crippen LogP) is 3.74. The summed E-state index contributed by atoms with van der Waals surface area (Å²) in [6.45, 7) is 3.60. The van der Waals surface area contributed by atoms with Crippen LogP contribution in [0.5, 0.6) is 5.75 Å². The monoisotopic (exact) mass is 388 g/mol. The zero-order chi connectivity index (χ0) is 19.5. The molecule has 2 amide bonds. The van der Waals surface area contributed by atoms with Crippen LogP contribution in [0.1, 0.15) is 35.2 Å². The van der Waals surface area contributed by atoms with Crippen molar-refractivity contribution in [3.63, 3.8) is 0 Å². The summed E-state index contributed by atoms with van der Waals surface area (Å²) in [5, 5.41) is 6.24. The van der Waals surface area contributed by atoms with E-state index in [2.05, 4.69) is 10.6 Å². The van der Waals surface area contributed by atoms with E-state index in [0.29, 0.717) is 43.1 Å². The molecule has 2 aromatic rings. The molecule has 0 aliphatic heterocycles. The summed E-state index contributed by atoms with van der Waals surface area (Å²) < 4.78 is 5.64. The lowest BCUT2D eigenvalue weighted by Gasteiger charge is -2.08. The molecule has 0 atom stereocenters. The highest BCUT2D eigenvalue weighted by Crippen LogP contribution is 2.12. The number of carbonyl (C=O) groups excluding carboxylic acids is 2. The summed E-state index contributed by atoms with van der Waals surface area (Å²) in [4.78, 5) is 23.7. The number of hydrogen-bond donors (Lipinski definition) is 2. The topological polar surface area (TPSA) is 67.4 Å². The van der Waals surface area contributed by atoms with Crippen LogP contribution in [0.25, 0.3) is 0 Å². The number of benzene rings is 2. The Morgan fingerprint density at radius 3 is 2.48 bits per heavy atom. The molecule has 0 aliphatic carbocycles. The number of halogens is 1. The van der Waals surface area contributed by atoms with Crippen LogP contribution in [0.15, 0.2) is 48.5 Å². The number of nitrogens with one attached hydrogen (secondary N) is 2. The van der Waals surface area contributed by atoms with Gasteiger partial charge in [-0.1, -0.05) is 23.7 Å². The van der Waals surface area contributed by atoms with Gasteiger partial charge in [-0.3, -0.25) is 9.59 Å². The van der Waals surface area contributed by atoms with E-state index in [1.165, 1.54) is 0 Å². The molecular formula is C21H25ClN2O3. The lowest BCUT2D eigenvalue weighted by molar-refractivity contribution is -0.121. The summed E-state index contributed by atoms with van der Waals surface area (Å²) in [6, 6.07) is 14.6. The van der Waals surface area contributed by atoms with Gasteiger partial charge in [0.1, 0.15) is 5.75 Å². The standard InChI is InChI=1S/C21H25ClN2O3/c1-16-5-2-6-19(15-16)27-14-4-13-23-20(25)7-3-12-24-21(26)17-8-10-18(22)11-9-17/h2,5-6,8-11,15H,3-4,7,12-14H2,1H3,(H,23,25)(H,24,26). The van der Waals surface area contributed by atoms with Crippen LogP contribution in [0.2, 0.25) is 5.02 Å². The van der Waals surface area contributed by atoms with Gasteiger partial charge in [-0.25, -0.2) is 0 Å². The second-order valence-electron chi connectivity index (χ2n) is 6.23. The Labute approximate surface area is 165 Å². The molecule has 2 N–H and O–H groups in total. The van der Waals surface area contributed by atoms with Gasteiger partial charge in [0.05, 0.1) is 6.61 Å². The highest BCUT2D eigenvalue weighted by molar-refractivity contribution is 6.30. The van der Waals surface area contributed by atoms with Gasteiger partial charge >= 0.3 is 0 Å². The van der Waals surface area contributed by atoms with Crippen molar-refractivity contribution in [2.75, 3.05) is 19.7 Å². The molecular weight excluding hydrogens is 364 g/mol. The zero-order valence-electron chi connectivity index (χ0n) is 15.5. The van der Waals surface area contributed by atoms with Gasteiger partial charge in [0, 0.05) is 30.1 Å². The number of aryl methyl sites for hydroxylation is 1. The number of ether oxygens (including phenoxy) is 1. The summed E-state index contributed by atoms with van der Waals surface area (Å²) in [5.41, 5.74) is 1.71. The van der Waals surface area contributed by atoms with E-state index in [-0.39, 0.29) is 11.8 Å². The molecule has 2 aromatic carbocycles. The van der Waals surface area contributed by atoms with Crippen LogP contribution in [0.3, 0.4) is 0 Å². The van der Waals surface area contributed by atoms with Gasteiger partial charge in [0.2, 0.25) is 5.91 Å². The van der Waals surface area contributed by atoms with Crippen LogP contribution >= 0.6 is 11.6 Å². The third-order valence-corrected chi connectivity index (χ3v) is 4.13. The number of rotatable bonds is 10. The molecule has 0 spiro atoms. The van der Waals surface area contributed by atoms with E-state index in [1.54, 1.807) is 24.3 Å². The lowest BCUT2D eigenvalue weighted by Crippen LogP contribution is -2.28.